The Labute approximate surface area is 174 Å². The van der Waals surface area contributed by atoms with Crippen molar-refractivity contribution >= 4 is 22.7 Å². The van der Waals surface area contributed by atoms with E-state index in [1.807, 2.05) is 24.3 Å². The van der Waals surface area contributed by atoms with Gasteiger partial charge in [-0.15, -0.1) is 0 Å². The molecule has 0 aliphatic carbocycles. The van der Waals surface area contributed by atoms with Crippen molar-refractivity contribution in [3.8, 4) is 0 Å². The topological polar surface area (TPSA) is 97.1 Å². The van der Waals surface area contributed by atoms with Gasteiger partial charge in [0.1, 0.15) is 5.82 Å². The van der Waals surface area contributed by atoms with E-state index in [-0.39, 0.29) is 37.0 Å². The molecule has 1 heterocycles. The minimum absolute atomic E-state index is 0.0336. The molecule has 3 rings (SSSR count). The average Bonchev–Trinajstić information content (AvgIpc) is 2.75. The summed E-state index contributed by atoms with van der Waals surface area (Å²) in [7, 11) is 1.56. The highest BCUT2D eigenvalue weighted by atomic mass is 19.1. The van der Waals surface area contributed by atoms with Crippen LogP contribution in [0, 0.1) is 5.82 Å². The van der Waals surface area contributed by atoms with E-state index in [1.165, 1.54) is 6.07 Å². The number of nitrogens with one attached hydrogen (secondary N) is 2. The zero-order valence-corrected chi connectivity index (χ0v) is 16.8. The Balaban J connectivity index is 1.67. The normalized spacial score (nSPS) is 12.9. The first-order chi connectivity index (χ1) is 14.5. The van der Waals surface area contributed by atoms with Crippen LogP contribution in [0.5, 0.6) is 0 Å². The fraction of sp³-hybridized carbons (Fsp3) is 0.261. The molecule has 7 heteroatoms. The van der Waals surface area contributed by atoms with E-state index in [1.54, 1.807) is 37.5 Å². The van der Waals surface area contributed by atoms with E-state index in [0.29, 0.717) is 5.56 Å². The van der Waals surface area contributed by atoms with E-state index in [0.717, 1.165) is 16.5 Å². The summed E-state index contributed by atoms with van der Waals surface area (Å²) in [6, 6.07) is 15.2. The molecule has 6 nitrogen and oxygen atoms in total. The van der Waals surface area contributed by atoms with Gasteiger partial charge < -0.3 is 16.4 Å². The monoisotopic (exact) mass is 408 g/mol. The predicted octanol–water partition coefficient (Wildman–Crippen LogP) is 2.28. The molecule has 4 N–H and O–H groups in total. The van der Waals surface area contributed by atoms with Gasteiger partial charge in [0.25, 0.3) is 0 Å². The van der Waals surface area contributed by atoms with Crippen molar-refractivity contribution in [3.63, 3.8) is 0 Å². The van der Waals surface area contributed by atoms with Crippen molar-refractivity contribution in [1.29, 1.82) is 0 Å². The molecule has 0 fully saturated rings. The number of carbonyl (C=O) groups is 2. The number of benzene rings is 2. The summed E-state index contributed by atoms with van der Waals surface area (Å²) in [5, 5.41) is 6.31. The Kier molecular flexibility index (Phi) is 7.08. The maximum atomic E-state index is 13.8. The Bertz CT molecular complexity index is 1040. The number of halogens is 1. The molecule has 2 amide bonds. The number of fused-ring (bicyclic) bond motifs is 1. The van der Waals surface area contributed by atoms with Crippen LogP contribution >= 0.6 is 0 Å². The molecule has 0 saturated heterocycles. The van der Waals surface area contributed by atoms with Crippen molar-refractivity contribution in [3.05, 3.63) is 77.7 Å². The molecule has 0 saturated carbocycles. The first-order valence-electron chi connectivity index (χ1n) is 9.80. The fourth-order valence-electron chi connectivity index (χ4n) is 3.48. The molecule has 30 heavy (non-hydrogen) atoms. The summed E-state index contributed by atoms with van der Waals surface area (Å²) >= 11 is 0. The average molecular weight is 408 g/mol. The minimum atomic E-state index is -0.574. The van der Waals surface area contributed by atoms with Gasteiger partial charge in [0.05, 0.1) is 11.4 Å². The lowest BCUT2D eigenvalue weighted by Gasteiger charge is -2.19. The maximum Gasteiger partial charge on any atom is 0.229 e. The molecule has 2 aromatic carbocycles. The van der Waals surface area contributed by atoms with Gasteiger partial charge in [-0.3, -0.25) is 14.6 Å². The highest BCUT2D eigenvalue weighted by molar-refractivity contribution is 5.91. The van der Waals surface area contributed by atoms with E-state index < -0.39 is 12.0 Å². The van der Waals surface area contributed by atoms with Gasteiger partial charge in [-0.05, 0) is 35.7 Å². The quantitative estimate of drug-likeness (QED) is 0.533. The number of nitrogens with zero attached hydrogens (tertiary/aromatic N) is 1. The van der Waals surface area contributed by atoms with E-state index in [9.17, 15) is 14.0 Å². The highest BCUT2D eigenvalue weighted by Gasteiger charge is 2.23. The number of pyridine rings is 1. The molecule has 0 spiro atoms. The molecule has 0 aliphatic heterocycles. The lowest BCUT2D eigenvalue weighted by Crippen LogP contribution is -2.38. The Morgan fingerprint density at radius 1 is 1.10 bits per heavy atom. The summed E-state index contributed by atoms with van der Waals surface area (Å²) < 4.78 is 13.8. The summed E-state index contributed by atoms with van der Waals surface area (Å²) in [5.41, 5.74) is 8.08. The molecule has 0 aliphatic rings. The van der Waals surface area contributed by atoms with Crippen LogP contribution in [0.15, 0.2) is 60.8 Å². The number of aromatic nitrogens is 1. The maximum absolute atomic E-state index is 13.8. The second-order valence-electron chi connectivity index (χ2n) is 7.15. The van der Waals surface area contributed by atoms with Gasteiger partial charge in [0.2, 0.25) is 11.8 Å². The third-order valence-electron chi connectivity index (χ3n) is 5.01. The molecule has 0 bridgehead atoms. The van der Waals surface area contributed by atoms with Crippen LogP contribution in [0.1, 0.15) is 23.5 Å². The van der Waals surface area contributed by atoms with Crippen molar-refractivity contribution in [2.75, 3.05) is 13.6 Å². The summed E-state index contributed by atoms with van der Waals surface area (Å²) in [4.78, 5) is 29.3. The number of hydrogen-bond donors (Lipinski definition) is 3. The number of hydrogen-bond acceptors (Lipinski definition) is 4. The number of para-hydroxylation sites is 1. The van der Waals surface area contributed by atoms with Crippen LogP contribution in [0.4, 0.5) is 4.39 Å². The summed E-state index contributed by atoms with van der Waals surface area (Å²) in [6.07, 6.45) is 1.94. The molecular weight excluding hydrogens is 383 g/mol. The third kappa shape index (κ3) is 5.18. The smallest absolute Gasteiger partial charge is 0.229 e. The van der Waals surface area contributed by atoms with Crippen molar-refractivity contribution in [1.82, 2.24) is 15.6 Å². The first kappa shape index (κ1) is 21.4. The van der Waals surface area contributed by atoms with Gasteiger partial charge >= 0.3 is 0 Å². The zero-order valence-electron chi connectivity index (χ0n) is 16.8. The van der Waals surface area contributed by atoms with Gasteiger partial charge in [0, 0.05) is 37.6 Å². The molecule has 3 aromatic rings. The van der Waals surface area contributed by atoms with Crippen molar-refractivity contribution < 1.29 is 14.0 Å². The summed E-state index contributed by atoms with van der Waals surface area (Å²) in [5.74, 6) is -1.40. The van der Waals surface area contributed by atoms with Gasteiger partial charge in [-0.2, -0.15) is 0 Å². The number of amides is 2. The van der Waals surface area contributed by atoms with E-state index in [4.69, 9.17) is 5.73 Å². The van der Waals surface area contributed by atoms with Crippen LogP contribution in [-0.4, -0.2) is 36.4 Å². The second kappa shape index (κ2) is 9.93. The summed E-state index contributed by atoms with van der Waals surface area (Å²) in [6.45, 7) is 0.124. The molecular formula is C23H25FN4O2. The van der Waals surface area contributed by atoms with Gasteiger partial charge in [0.15, 0.2) is 0 Å². The lowest BCUT2D eigenvalue weighted by molar-refractivity contribution is -0.123. The lowest BCUT2D eigenvalue weighted by atomic mass is 9.94. The molecule has 156 valence electrons. The number of carbonyl (C=O) groups excluding carboxylic acids is 2. The standard InChI is InChI=1S/C23H25FN4O2/c1-26-23(30)19(17-10-11-27-21-9-5-3-7-18(17)21)14-28-22(29)13-16(25)12-15-6-2-4-8-20(15)24/h2-11,16,19H,12-14,25H2,1H3,(H,26,30)(H,28,29)/t16-,19?/m1/s1. The Hall–Kier alpha value is -3.32. The number of nitrogens with two attached hydrogens (primary N) is 1. The van der Waals surface area contributed by atoms with Crippen LogP contribution in [0.3, 0.4) is 0 Å². The predicted molar refractivity (Wildman–Crippen MR) is 114 cm³/mol. The molecule has 2 atom stereocenters. The third-order valence-corrected chi connectivity index (χ3v) is 5.01. The first-order valence-corrected chi connectivity index (χ1v) is 9.80. The van der Waals surface area contributed by atoms with Crippen LogP contribution in [-0.2, 0) is 16.0 Å². The fourth-order valence-corrected chi connectivity index (χ4v) is 3.48. The van der Waals surface area contributed by atoms with E-state index in [2.05, 4.69) is 15.6 Å². The number of rotatable bonds is 8. The van der Waals surface area contributed by atoms with Crippen LogP contribution in [0.2, 0.25) is 0 Å². The highest BCUT2D eigenvalue weighted by Crippen LogP contribution is 2.24. The van der Waals surface area contributed by atoms with Crippen LogP contribution < -0.4 is 16.4 Å². The van der Waals surface area contributed by atoms with Crippen molar-refractivity contribution in [2.45, 2.75) is 24.8 Å². The molecule has 1 aromatic heterocycles. The molecule has 0 radical (unpaired) electrons. The Morgan fingerprint density at radius 2 is 1.83 bits per heavy atom. The minimum Gasteiger partial charge on any atom is -0.359 e. The zero-order chi connectivity index (χ0) is 21.5. The SMILES string of the molecule is CNC(=O)C(CNC(=O)C[C@H](N)Cc1ccccc1F)c1ccnc2ccccc12. The van der Waals surface area contributed by atoms with Gasteiger partial charge in [-0.1, -0.05) is 36.4 Å². The molecule has 1 unspecified atom stereocenters. The second-order valence-corrected chi connectivity index (χ2v) is 7.15. The van der Waals surface area contributed by atoms with Crippen LogP contribution in [0.25, 0.3) is 10.9 Å². The number of likely N-dealkylation sites (N-methyl/N-ethyl adjacent to an activating group) is 1. The largest absolute Gasteiger partial charge is 0.359 e. The van der Waals surface area contributed by atoms with Gasteiger partial charge in [-0.25, -0.2) is 4.39 Å². The van der Waals surface area contributed by atoms with Crippen molar-refractivity contribution in [2.24, 2.45) is 5.73 Å². The Morgan fingerprint density at radius 3 is 2.60 bits per heavy atom. The van der Waals surface area contributed by atoms with E-state index >= 15 is 0 Å².